The minimum Gasteiger partial charge on any atom is -0.268 e. The van der Waals surface area contributed by atoms with Crippen LogP contribution in [-0.2, 0) is 4.43 Å². The first kappa shape index (κ1) is 13.3. The van der Waals surface area contributed by atoms with Crippen molar-refractivity contribution in [3.8, 4) is 5.69 Å². The summed E-state index contributed by atoms with van der Waals surface area (Å²) in [7, 11) is 0. The Balaban J connectivity index is 2.43. The molecule has 1 heterocycles. The van der Waals surface area contributed by atoms with Crippen molar-refractivity contribution in [1.29, 1.82) is 0 Å². The van der Waals surface area contributed by atoms with Crippen LogP contribution in [0.2, 0.25) is 0 Å². The number of para-hydroxylation sites is 2. The number of nitrogens with zero attached hydrogens (tertiary/aromatic N) is 2. The summed E-state index contributed by atoms with van der Waals surface area (Å²) in [6.07, 6.45) is 0. The van der Waals surface area contributed by atoms with Gasteiger partial charge in [0.2, 0.25) is 0 Å². The SMILES string of the molecule is Cc1ccccc1-n1c(CI)nc2ccccc2c1=O. The normalized spacial score (nSPS) is 10.9. The quantitative estimate of drug-likeness (QED) is 0.506. The summed E-state index contributed by atoms with van der Waals surface area (Å²) < 4.78 is 2.41. The highest BCUT2D eigenvalue weighted by molar-refractivity contribution is 14.1. The van der Waals surface area contributed by atoms with Crippen LogP contribution in [0.25, 0.3) is 16.6 Å². The summed E-state index contributed by atoms with van der Waals surface area (Å²) in [6, 6.07) is 15.4. The molecule has 0 aliphatic heterocycles. The van der Waals surface area contributed by atoms with Crippen LogP contribution < -0.4 is 5.56 Å². The minimum atomic E-state index is -0.00318. The molecule has 0 fully saturated rings. The number of halogens is 1. The largest absolute Gasteiger partial charge is 0.268 e. The fraction of sp³-hybridized carbons (Fsp3) is 0.125. The Morgan fingerprint density at radius 3 is 2.55 bits per heavy atom. The first-order valence-electron chi connectivity index (χ1n) is 6.35. The second-order valence-electron chi connectivity index (χ2n) is 4.61. The van der Waals surface area contributed by atoms with Gasteiger partial charge in [-0.3, -0.25) is 9.36 Å². The highest BCUT2D eigenvalue weighted by Gasteiger charge is 2.12. The van der Waals surface area contributed by atoms with Crippen molar-refractivity contribution < 1.29 is 0 Å². The lowest BCUT2D eigenvalue weighted by atomic mass is 10.2. The zero-order valence-electron chi connectivity index (χ0n) is 11.0. The predicted octanol–water partition coefficient (Wildman–Crippen LogP) is 3.63. The van der Waals surface area contributed by atoms with Crippen LogP contribution in [0.3, 0.4) is 0 Å². The number of rotatable bonds is 2. The Bertz CT molecular complexity index is 839. The van der Waals surface area contributed by atoms with Gasteiger partial charge in [0.15, 0.2) is 0 Å². The third kappa shape index (κ3) is 2.14. The molecule has 0 spiro atoms. The highest BCUT2D eigenvalue weighted by Crippen LogP contribution is 2.17. The standard InChI is InChI=1S/C16H13IN2O/c1-11-6-2-5-9-14(11)19-15(10-17)18-13-8-4-3-7-12(13)16(19)20/h2-9H,10H2,1H3. The Hall–Kier alpha value is -1.69. The van der Waals surface area contributed by atoms with Gasteiger partial charge in [0, 0.05) is 0 Å². The molecule has 0 radical (unpaired) electrons. The fourth-order valence-corrected chi connectivity index (χ4v) is 2.84. The number of aryl methyl sites for hydroxylation is 1. The fourth-order valence-electron chi connectivity index (χ4n) is 2.33. The van der Waals surface area contributed by atoms with Gasteiger partial charge in [-0.2, -0.15) is 0 Å². The van der Waals surface area contributed by atoms with Crippen LogP contribution in [0, 0.1) is 6.92 Å². The van der Waals surface area contributed by atoms with Gasteiger partial charge in [-0.15, -0.1) is 0 Å². The molecule has 0 atom stereocenters. The van der Waals surface area contributed by atoms with Gasteiger partial charge in [-0.05, 0) is 30.7 Å². The summed E-state index contributed by atoms with van der Waals surface area (Å²) >= 11 is 2.24. The Morgan fingerprint density at radius 2 is 1.80 bits per heavy atom. The number of benzene rings is 2. The van der Waals surface area contributed by atoms with Crippen LogP contribution in [0.4, 0.5) is 0 Å². The van der Waals surface area contributed by atoms with Gasteiger partial charge in [0.05, 0.1) is 21.0 Å². The summed E-state index contributed by atoms with van der Waals surface area (Å²) in [5.74, 6) is 0.781. The maximum absolute atomic E-state index is 12.8. The molecule has 0 amide bonds. The van der Waals surface area contributed by atoms with E-state index >= 15 is 0 Å². The third-order valence-corrected chi connectivity index (χ3v) is 4.00. The van der Waals surface area contributed by atoms with Gasteiger partial charge in [0.25, 0.3) is 5.56 Å². The molecule has 0 bridgehead atoms. The predicted molar refractivity (Wildman–Crippen MR) is 89.8 cm³/mol. The van der Waals surface area contributed by atoms with Crippen molar-refractivity contribution >= 4 is 33.5 Å². The molecule has 0 unspecified atom stereocenters. The first-order chi connectivity index (χ1) is 9.72. The number of fused-ring (bicyclic) bond motifs is 1. The monoisotopic (exact) mass is 376 g/mol. The van der Waals surface area contributed by atoms with Crippen LogP contribution >= 0.6 is 22.6 Å². The number of hydrogen-bond acceptors (Lipinski definition) is 2. The van der Waals surface area contributed by atoms with Gasteiger partial charge < -0.3 is 0 Å². The third-order valence-electron chi connectivity index (χ3n) is 3.32. The first-order valence-corrected chi connectivity index (χ1v) is 7.87. The molecule has 2 aromatic carbocycles. The van der Waals surface area contributed by atoms with E-state index in [9.17, 15) is 4.79 Å². The molecular formula is C16H13IN2O. The van der Waals surface area contributed by atoms with Gasteiger partial charge in [-0.1, -0.05) is 52.9 Å². The van der Waals surface area contributed by atoms with Crippen molar-refractivity contribution in [1.82, 2.24) is 9.55 Å². The molecule has 1 aromatic heterocycles. The minimum absolute atomic E-state index is 0.00318. The Kier molecular flexibility index (Phi) is 3.56. The van der Waals surface area contributed by atoms with E-state index in [1.807, 2.05) is 55.5 Å². The van der Waals surface area contributed by atoms with Crippen molar-refractivity contribution in [2.24, 2.45) is 0 Å². The van der Waals surface area contributed by atoms with Crippen molar-refractivity contribution in [2.45, 2.75) is 11.4 Å². The average molecular weight is 376 g/mol. The molecular weight excluding hydrogens is 363 g/mol. The molecule has 0 N–H and O–H groups in total. The Labute approximate surface area is 130 Å². The van der Waals surface area contributed by atoms with Crippen molar-refractivity contribution in [2.75, 3.05) is 0 Å². The zero-order valence-corrected chi connectivity index (χ0v) is 13.2. The van der Waals surface area contributed by atoms with Gasteiger partial charge in [-0.25, -0.2) is 4.98 Å². The summed E-state index contributed by atoms with van der Waals surface area (Å²) in [4.78, 5) is 17.4. The van der Waals surface area contributed by atoms with E-state index in [2.05, 4.69) is 27.6 Å². The highest BCUT2D eigenvalue weighted by atomic mass is 127. The van der Waals surface area contributed by atoms with Crippen LogP contribution in [0.15, 0.2) is 53.3 Å². The smallest absolute Gasteiger partial charge is 0.265 e. The van der Waals surface area contributed by atoms with E-state index in [1.165, 1.54) is 0 Å². The number of alkyl halides is 1. The van der Waals surface area contributed by atoms with E-state index in [0.29, 0.717) is 9.81 Å². The number of hydrogen-bond donors (Lipinski definition) is 0. The maximum Gasteiger partial charge on any atom is 0.265 e. The molecule has 20 heavy (non-hydrogen) atoms. The van der Waals surface area contributed by atoms with Crippen molar-refractivity contribution in [3.05, 3.63) is 70.3 Å². The topological polar surface area (TPSA) is 34.9 Å². The average Bonchev–Trinajstić information content (AvgIpc) is 2.48. The number of aromatic nitrogens is 2. The van der Waals surface area contributed by atoms with E-state index < -0.39 is 0 Å². The lowest BCUT2D eigenvalue weighted by Gasteiger charge is -2.14. The van der Waals surface area contributed by atoms with Crippen molar-refractivity contribution in [3.63, 3.8) is 0 Å². The van der Waals surface area contributed by atoms with Gasteiger partial charge in [0.1, 0.15) is 5.82 Å². The van der Waals surface area contributed by atoms with E-state index in [-0.39, 0.29) is 5.56 Å². The molecule has 0 aliphatic rings. The van der Waals surface area contributed by atoms with Crippen LogP contribution in [-0.4, -0.2) is 9.55 Å². The summed E-state index contributed by atoms with van der Waals surface area (Å²) in [5.41, 5.74) is 2.73. The zero-order chi connectivity index (χ0) is 14.1. The lowest BCUT2D eigenvalue weighted by Crippen LogP contribution is -2.23. The molecule has 100 valence electrons. The summed E-state index contributed by atoms with van der Waals surface area (Å²) in [6.45, 7) is 2.01. The second-order valence-corrected chi connectivity index (χ2v) is 5.37. The molecule has 0 saturated heterocycles. The molecule has 4 heteroatoms. The molecule has 0 saturated carbocycles. The molecule has 3 nitrogen and oxygen atoms in total. The molecule has 3 rings (SSSR count). The second kappa shape index (κ2) is 5.36. The maximum atomic E-state index is 12.8. The van der Waals surface area contributed by atoms with Crippen LogP contribution in [0.1, 0.15) is 11.4 Å². The summed E-state index contributed by atoms with van der Waals surface area (Å²) in [5, 5.41) is 0.657. The van der Waals surface area contributed by atoms with E-state index in [0.717, 1.165) is 22.6 Å². The molecule has 3 aromatic rings. The van der Waals surface area contributed by atoms with E-state index in [4.69, 9.17) is 0 Å². The van der Waals surface area contributed by atoms with Crippen LogP contribution in [0.5, 0.6) is 0 Å². The molecule has 0 aliphatic carbocycles. The Morgan fingerprint density at radius 1 is 1.10 bits per heavy atom. The lowest BCUT2D eigenvalue weighted by molar-refractivity contribution is 0.884. The van der Waals surface area contributed by atoms with Gasteiger partial charge >= 0.3 is 0 Å². The van der Waals surface area contributed by atoms with E-state index in [1.54, 1.807) is 4.57 Å².